The Balaban J connectivity index is 1.38. The van der Waals surface area contributed by atoms with Crippen LogP contribution in [-0.2, 0) is 0 Å². The summed E-state index contributed by atoms with van der Waals surface area (Å²) in [4.78, 5) is 4.49. The minimum atomic E-state index is -0.379. The number of rotatable bonds is 6. The van der Waals surface area contributed by atoms with Crippen LogP contribution >= 0.6 is 11.3 Å². The van der Waals surface area contributed by atoms with E-state index in [1.54, 1.807) is 24.3 Å². The Morgan fingerprint density at radius 3 is 2.57 bits per heavy atom. The summed E-state index contributed by atoms with van der Waals surface area (Å²) >= 11 is 1.41. The molecular formula is C22H22F2N2OS. The second-order valence-electron chi connectivity index (χ2n) is 7.13. The van der Waals surface area contributed by atoms with Crippen LogP contribution in [0.15, 0.2) is 47.8 Å². The summed E-state index contributed by atoms with van der Waals surface area (Å²) in [5.74, 6) is 0.170. The number of anilines is 2. The molecule has 1 aliphatic rings. The Hall–Kier alpha value is -2.47. The summed E-state index contributed by atoms with van der Waals surface area (Å²) in [6.07, 6.45) is 6.12. The van der Waals surface area contributed by atoms with Crippen LogP contribution in [0.3, 0.4) is 0 Å². The Labute approximate surface area is 167 Å². The van der Waals surface area contributed by atoms with E-state index in [1.165, 1.54) is 61.6 Å². The van der Waals surface area contributed by atoms with Gasteiger partial charge in [0.05, 0.1) is 12.3 Å². The van der Waals surface area contributed by atoms with Gasteiger partial charge in [0.15, 0.2) is 16.7 Å². The molecule has 0 bridgehead atoms. The van der Waals surface area contributed by atoms with E-state index in [1.807, 2.05) is 5.38 Å². The molecule has 146 valence electrons. The van der Waals surface area contributed by atoms with Crippen LogP contribution in [0.25, 0.3) is 11.3 Å². The van der Waals surface area contributed by atoms with Crippen molar-refractivity contribution < 1.29 is 13.5 Å². The van der Waals surface area contributed by atoms with E-state index >= 15 is 0 Å². The van der Waals surface area contributed by atoms with Crippen molar-refractivity contribution in [2.24, 2.45) is 5.92 Å². The van der Waals surface area contributed by atoms with E-state index in [0.717, 1.165) is 11.3 Å². The minimum absolute atomic E-state index is 0.279. The van der Waals surface area contributed by atoms with Crippen molar-refractivity contribution in [1.29, 1.82) is 0 Å². The summed E-state index contributed by atoms with van der Waals surface area (Å²) < 4.78 is 33.2. The fourth-order valence-corrected chi connectivity index (χ4v) is 4.20. The van der Waals surface area contributed by atoms with Crippen LogP contribution in [0, 0.1) is 17.6 Å². The Morgan fingerprint density at radius 2 is 1.82 bits per heavy atom. The second-order valence-corrected chi connectivity index (χ2v) is 7.99. The number of aromatic nitrogens is 1. The molecule has 28 heavy (non-hydrogen) atoms. The number of halogens is 2. The molecular weight excluding hydrogens is 378 g/mol. The molecule has 0 radical (unpaired) electrons. The number of nitrogens with zero attached hydrogens (tertiary/aromatic N) is 1. The molecule has 3 nitrogen and oxygen atoms in total. The first kappa shape index (κ1) is 18.9. The maximum atomic E-state index is 14.4. The first-order chi connectivity index (χ1) is 13.7. The molecule has 0 saturated heterocycles. The maximum Gasteiger partial charge on any atom is 0.187 e. The highest BCUT2D eigenvalue weighted by Crippen LogP contribution is 2.30. The van der Waals surface area contributed by atoms with Gasteiger partial charge in [-0.3, -0.25) is 0 Å². The highest BCUT2D eigenvalue weighted by molar-refractivity contribution is 7.14. The van der Waals surface area contributed by atoms with E-state index in [2.05, 4.69) is 10.3 Å². The first-order valence-corrected chi connectivity index (χ1v) is 10.5. The summed E-state index contributed by atoms with van der Waals surface area (Å²) in [6, 6.07) is 11.1. The molecule has 0 unspecified atom stereocenters. The lowest BCUT2D eigenvalue weighted by atomic mass is 9.90. The maximum absolute atomic E-state index is 14.4. The van der Waals surface area contributed by atoms with Gasteiger partial charge in [0.25, 0.3) is 0 Å². The van der Waals surface area contributed by atoms with Gasteiger partial charge in [0, 0.05) is 22.7 Å². The molecule has 1 aliphatic carbocycles. The summed E-state index contributed by atoms with van der Waals surface area (Å²) in [5, 5.41) is 5.65. The fraction of sp³-hybridized carbons (Fsp3) is 0.318. The van der Waals surface area contributed by atoms with Crippen molar-refractivity contribution in [2.75, 3.05) is 11.9 Å². The molecule has 1 aromatic heterocycles. The van der Waals surface area contributed by atoms with E-state index in [4.69, 9.17) is 4.74 Å². The normalized spacial score (nSPS) is 14.8. The van der Waals surface area contributed by atoms with Crippen molar-refractivity contribution in [3.8, 4) is 17.0 Å². The summed E-state index contributed by atoms with van der Waals surface area (Å²) in [7, 11) is 0. The number of nitrogens with one attached hydrogen (secondary N) is 1. The highest BCUT2D eigenvalue weighted by atomic mass is 32.1. The van der Waals surface area contributed by atoms with Gasteiger partial charge in [-0.2, -0.15) is 0 Å². The van der Waals surface area contributed by atoms with Crippen molar-refractivity contribution in [1.82, 2.24) is 4.98 Å². The third-order valence-corrected chi connectivity index (χ3v) is 5.78. The molecule has 3 aromatic rings. The van der Waals surface area contributed by atoms with Gasteiger partial charge in [-0.15, -0.1) is 11.3 Å². The van der Waals surface area contributed by atoms with Crippen LogP contribution in [0.5, 0.6) is 5.75 Å². The topological polar surface area (TPSA) is 34.1 Å². The molecule has 1 fully saturated rings. The van der Waals surface area contributed by atoms with Gasteiger partial charge >= 0.3 is 0 Å². The lowest BCUT2D eigenvalue weighted by Crippen LogP contribution is -2.15. The minimum Gasteiger partial charge on any atom is -0.490 e. The monoisotopic (exact) mass is 400 g/mol. The molecule has 0 aliphatic heterocycles. The number of benzene rings is 2. The standard InChI is InChI=1S/C22H22F2N2OS/c23-17-8-6-16(7-9-17)20-14-28-22(26-20)25-18-10-11-21(19(24)12-18)27-13-15-4-2-1-3-5-15/h6-12,14-15H,1-5,13H2,(H,25,26). The zero-order valence-corrected chi connectivity index (χ0v) is 16.3. The fourth-order valence-electron chi connectivity index (χ4n) is 3.46. The Morgan fingerprint density at radius 1 is 1.04 bits per heavy atom. The van der Waals surface area contributed by atoms with E-state index in [-0.39, 0.29) is 11.6 Å². The zero-order chi connectivity index (χ0) is 19.3. The quantitative estimate of drug-likeness (QED) is 0.494. The highest BCUT2D eigenvalue weighted by Gasteiger charge is 2.15. The van der Waals surface area contributed by atoms with Crippen LogP contribution < -0.4 is 10.1 Å². The molecule has 6 heteroatoms. The molecule has 0 spiro atoms. The van der Waals surface area contributed by atoms with Gasteiger partial charge in [-0.05, 0) is 55.2 Å². The SMILES string of the molecule is Fc1ccc(-c2csc(Nc3ccc(OCC4CCCCC4)c(F)c3)n2)cc1. The van der Waals surface area contributed by atoms with E-state index < -0.39 is 0 Å². The zero-order valence-electron chi connectivity index (χ0n) is 15.5. The average molecular weight is 400 g/mol. The molecule has 0 amide bonds. The van der Waals surface area contributed by atoms with Gasteiger partial charge in [0.2, 0.25) is 0 Å². The lowest BCUT2D eigenvalue weighted by molar-refractivity contribution is 0.202. The van der Waals surface area contributed by atoms with Gasteiger partial charge in [0.1, 0.15) is 5.82 Å². The third kappa shape index (κ3) is 4.68. The van der Waals surface area contributed by atoms with Crippen LogP contribution in [0.1, 0.15) is 32.1 Å². The Kier molecular flexibility index (Phi) is 5.86. The second kappa shape index (κ2) is 8.69. The first-order valence-electron chi connectivity index (χ1n) is 9.58. The summed E-state index contributed by atoms with van der Waals surface area (Å²) in [6.45, 7) is 0.581. The van der Waals surface area contributed by atoms with Crippen molar-refractivity contribution in [3.63, 3.8) is 0 Å². The lowest BCUT2D eigenvalue weighted by Gasteiger charge is -2.21. The summed E-state index contributed by atoms with van der Waals surface area (Å²) in [5.41, 5.74) is 2.20. The number of hydrogen-bond donors (Lipinski definition) is 1. The average Bonchev–Trinajstić information content (AvgIpc) is 3.17. The van der Waals surface area contributed by atoms with Gasteiger partial charge in [-0.25, -0.2) is 13.8 Å². The van der Waals surface area contributed by atoms with E-state index in [9.17, 15) is 8.78 Å². The van der Waals surface area contributed by atoms with E-state index in [0.29, 0.717) is 29.1 Å². The van der Waals surface area contributed by atoms with Crippen LogP contribution in [0.2, 0.25) is 0 Å². The predicted octanol–water partition coefficient (Wildman–Crippen LogP) is 6.79. The smallest absolute Gasteiger partial charge is 0.187 e. The number of ether oxygens (including phenoxy) is 1. The van der Waals surface area contributed by atoms with Gasteiger partial charge in [-0.1, -0.05) is 19.3 Å². The van der Waals surface area contributed by atoms with Gasteiger partial charge < -0.3 is 10.1 Å². The third-order valence-electron chi connectivity index (χ3n) is 5.03. The van der Waals surface area contributed by atoms with Crippen molar-refractivity contribution in [3.05, 3.63) is 59.5 Å². The number of thiazole rings is 1. The van der Waals surface area contributed by atoms with Crippen molar-refractivity contribution >= 4 is 22.2 Å². The van der Waals surface area contributed by atoms with Crippen LogP contribution in [0.4, 0.5) is 19.6 Å². The van der Waals surface area contributed by atoms with Crippen LogP contribution in [-0.4, -0.2) is 11.6 Å². The number of hydrogen-bond acceptors (Lipinski definition) is 4. The predicted molar refractivity (Wildman–Crippen MR) is 109 cm³/mol. The molecule has 1 heterocycles. The Bertz CT molecular complexity index is 921. The molecule has 4 rings (SSSR count). The molecule has 1 saturated carbocycles. The molecule has 2 aromatic carbocycles. The molecule has 0 atom stereocenters. The largest absolute Gasteiger partial charge is 0.490 e. The van der Waals surface area contributed by atoms with Crippen molar-refractivity contribution in [2.45, 2.75) is 32.1 Å². The molecule has 1 N–H and O–H groups in total.